The van der Waals surface area contributed by atoms with Crippen LogP contribution in [0.3, 0.4) is 0 Å². The molecule has 0 bridgehead atoms. The van der Waals surface area contributed by atoms with Gasteiger partial charge in [0.05, 0.1) is 11.3 Å². The average molecular weight is 269 g/mol. The van der Waals surface area contributed by atoms with Gasteiger partial charge in [-0.2, -0.15) is 0 Å². The molecule has 0 spiro atoms. The van der Waals surface area contributed by atoms with Crippen LogP contribution in [0.1, 0.15) is 23.0 Å². The highest BCUT2D eigenvalue weighted by Crippen LogP contribution is 2.20. The fraction of sp³-hybridized carbons (Fsp3) is 0.250. The highest BCUT2D eigenvalue weighted by molar-refractivity contribution is 6.09. The van der Waals surface area contributed by atoms with Crippen molar-refractivity contribution < 1.29 is 4.79 Å². The van der Waals surface area contributed by atoms with Crippen molar-refractivity contribution in [3.05, 3.63) is 53.9 Å². The number of carbonyl (C=O) groups excluding carboxylic acids is 1. The maximum absolute atomic E-state index is 12.6. The number of nitrogens with zero attached hydrogens (tertiary/aromatic N) is 2. The van der Waals surface area contributed by atoms with Crippen LogP contribution in [0.2, 0.25) is 0 Å². The summed E-state index contributed by atoms with van der Waals surface area (Å²) in [6.45, 7) is 4.68. The molecule has 2 aromatic rings. The summed E-state index contributed by atoms with van der Waals surface area (Å²) < 4.78 is 0. The third-order valence-electron chi connectivity index (χ3n) is 3.09. The second-order valence-corrected chi connectivity index (χ2v) is 4.60. The van der Waals surface area contributed by atoms with Crippen LogP contribution in [-0.4, -0.2) is 24.5 Å². The fourth-order valence-electron chi connectivity index (χ4n) is 2.02. The smallest absolute Gasteiger partial charge is 0.261 e. The van der Waals surface area contributed by atoms with Crippen molar-refractivity contribution >= 4 is 17.3 Å². The van der Waals surface area contributed by atoms with Gasteiger partial charge in [-0.15, -0.1) is 0 Å². The van der Waals surface area contributed by atoms with Crippen LogP contribution in [0, 0.1) is 6.92 Å². The van der Waals surface area contributed by atoms with Crippen LogP contribution < -0.4 is 10.2 Å². The van der Waals surface area contributed by atoms with E-state index in [-0.39, 0.29) is 5.91 Å². The van der Waals surface area contributed by atoms with Crippen molar-refractivity contribution in [2.24, 2.45) is 0 Å². The molecule has 2 rings (SSSR count). The molecule has 0 aliphatic heterocycles. The SMILES string of the molecule is CCNc1cc(C)ncc1C(=O)N(C)c1ccccc1. The molecule has 0 saturated heterocycles. The molecule has 0 radical (unpaired) electrons. The van der Waals surface area contributed by atoms with E-state index in [0.717, 1.165) is 23.6 Å². The number of amides is 1. The summed E-state index contributed by atoms with van der Waals surface area (Å²) in [7, 11) is 1.77. The first kappa shape index (κ1) is 14.1. The molecule has 0 saturated carbocycles. The van der Waals surface area contributed by atoms with Crippen LogP contribution in [0.5, 0.6) is 0 Å². The summed E-state index contributed by atoms with van der Waals surface area (Å²) in [6, 6.07) is 11.5. The van der Waals surface area contributed by atoms with E-state index in [1.165, 1.54) is 0 Å². The topological polar surface area (TPSA) is 45.2 Å². The lowest BCUT2D eigenvalue weighted by Crippen LogP contribution is -2.27. The Morgan fingerprint density at radius 2 is 2.00 bits per heavy atom. The summed E-state index contributed by atoms with van der Waals surface area (Å²) in [5.74, 6) is -0.0698. The van der Waals surface area contributed by atoms with Gasteiger partial charge in [0, 0.05) is 31.2 Å². The van der Waals surface area contributed by atoms with Gasteiger partial charge in [-0.05, 0) is 32.0 Å². The van der Waals surface area contributed by atoms with Crippen LogP contribution in [0.4, 0.5) is 11.4 Å². The lowest BCUT2D eigenvalue weighted by molar-refractivity contribution is 0.0993. The van der Waals surface area contributed by atoms with E-state index in [9.17, 15) is 4.79 Å². The molecule has 1 N–H and O–H groups in total. The third kappa shape index (κ3) is 2.96. The highest BCUT2D eigenvalue weighted by Gasteiger charge is 2.17. The molecule has 104 valence electrons. The predicted octanol–water partition coefficient (Wildman–Crippen LogP) is 3.10. The number of hydrogen-bond acceptors (Lipinski definition) is 3. The van der Waals surface area contributed by atoms with Crippen LogP contribution in [0.25, 0.3) is 0 Å². The number of hydrogen-bond donors (Lipinski definition) is 1. The summed E-state index contributed by atoms with van der Waals surface area (Å²) >= 11 is 0. The van der Waals surface area contributed by atoms with E-state index in [1.54, 1.807) is 18.1 Å². The quantitative estimate of drug-likeness (QED) is 0.927. The number of para-hydroxylation sites is 1. The second-order valence-electron chi connectivity index (χ2n) is 4.60. The normalized spacial score (nSPS) is 10.2. The Labute approximate surface area is 119 Å². The Morgan fingerprint density at radius 3 is 2.65 bits per heavy atom. The zero-order chi connectivity index (χ0) is 14.5. The monoisotopic (exact) mass is 269 g/mol. The minimum atomic E-state index is -0.0698. The summed E-state index contributed by atoms with van der Waals surface area (Å²) in [5, 5.41) is 3.22. The highest BCUT2D eigenvalue weighted by atomic mass is 16.2. The minimum Gasteiger partial charge on any atom is -0.385 e. The molecule has 20 heavy (non-hydrogen) atoms. The predicted molar refractivity (Wildman–Crippen MR) is 82.3 cm³/mol. The zero-order valence-electron chi connectivity index (χ0n) is 12.1. The number of aryl methyl sites for hydroxylation is 1. The third-order valence-corrected chi connectivity index (χ3v) is 3.09. The van der Waals surface area contributed by atoms with E-state index in [1.807, 2.05) is 50.2 Å². The molecule has 1 amide bonds. The molecule has 0 aliphatic carbocycles. The number of aromatic nitrogens is 1. The van der Waals surface area contributed by atoms with Gasteiger partial charge in [-0.1, -0.05) is 18.2 Å². The van der Waals surface area contributed by atoms with Gasteiger partial charge >= 0.3 is 0 Å². The standard InChI is InChI=1S/C16H19N3O/c1-4-17-15-10-12(2)18-11-14(15)16(20)19(3)13-8-6-5-7-9-13/h5-11H,4H2,1-3H3,(H,17,18). The maximum atomic E-state index is 12.6. The van der Waals surface area contributed by atoms with E-state index in [4.69, 9.17) is 0 Å². The Kier molecular flexibility index (Phi) is 4.35. The molecule has 0 aliphatic rings. The molecule has 1 aromatic heterocycles. The summed E-state index contributed by atoms with van der Waals surface area (Å²) in [5.41, 5.74) is 3.16. The Morgan fingerprint density at radius 1 is 1.30 bits per heavy atom. The van der Waals surface area contributed by atoms with Crippen molar-refractivity contribution in [2.75, 3.05) is 23.8 Å². The fourth-order valence-corrected chi connectivity index (χ4v) is 2.02. The first-order chi connectivity index (χ1) is 9.63. The lowest BCUT2D eigenvalue weighted by atomic mass is 10.1. The molecule has 4 nitrogen and oxygen atoms in total. The Bertz CT molecular complexity index is 596. The van der Waals surface area contributed by atoms with Gasteiger partial charge in [0.15, 0.2) is 0 Å². The lowest BCUT2D eigenvalue weighted by Gasteiger charge is -2.19. The van der Waals surface area contributed by atoms with Gasteiger partial charge < -0.3 is 10.2 Å². The minimum absolute atomic E-state index is 0.0698. The van der Waals surface area contributed by atoms with Gasteiger partial charge in [0.25, 0.3) is 5.91 Å². The van der Waals surface area contributed by atoms with Gasteiger partial charge in [0.1, 0.15) is 0 Å². The molecule has 1 aromatic carbocycles. The zero-order valence-corrected chi connectivity index (χ0v) is 12.1. The molecular weight excluding hydrogens is 250 g/mol. The van der Waals surface area contributed by atoms with Crippen molar-refractivity contribution in [3.8, 4) is 0 Å². The van der Waals surface area contributed by atoms with Gasteiger partial charge in [0.2, 0.25) is 0 Å². The van der Waals surface area contributed by atoms with Crippen LogP contribution in [0.15, 0.2) is 42.6 Å². The van der Waals surface area contributed by atoms with Crippen molar-refractivity contribution in [1.29, 1.82) is 0 Å². The molecule has 4 heteroatoms. The van der Waals surface area contributed by atoms with E-state index >= 15 is 0 Å². The van der Waals surface area contributed by atoms with Crippen LogP contribution >= 0.6 is 0 Å². The largest absolute Gasteiger partial charge is 0.385 e. The number of rotatable bonds is 4. The van der Waals surface area contributed by atoms with Crippen molar-refractivity contribution in [1.82, 2.24) is 4.98 Å². The van der Waals surface area contributed by atoms with Gasteiger partial charge in [-0.25, -0.2) is 0 Å². The average Bonchev–Trinajstić information content (AvgIpc) is 2.47. The molecule has 0 unspecified atom stereocenters. The number of anilines is 2. The molecule has 0 fully saturated rings. The van der Waals surface area contributed by atoms with Crippen molar-refractivity contribution in [2.45, 2.75) is 13.8 Å². The summed E-state index contributed by atoms with van der Waals surface area (Å²) in [4.78, 5) is 18.5. The Hall–Kier alpha value is -2.36. The molecule has 0 atom stereocenters. The Balaban J connectivity index is 2.33. The van der Waals surface area contributed by atoms with Gasteiger partial charge in [-0.3, -0.25) is 9.78 Å². The van der Waals surface area contributed by atoms with Crippen LogP contribution in [-0.2, 0) is 0 Å². The summed E-state index contributed by atoms with van der Waals surface area (Å²) in [6.07, 6.45) is 1.63. The number of benzene rings is 1. The van der Waals surface area contributed by atoms with E-state index in [0.29, 0.717) is 5.56 Å². The number of pyridine rings is 1. The first-order valence-electron chi connectivity index (χ1n) is 6.67. The molecule has 1 heterocycles. The number of carbonyl (C=O) groups is 1. The van der Waals surface area contributed by atoms with E-state index in [2.05, 4.69) is 10.3 Å². The van der Waals surface area contributed by atoms with E-state index < -0.39 is 0 Å². The first-order valence-corrected chi connectivity index (χ1v) is 6.67. The maximum Gasteiger partial charge on any atom is 0.261 e. The number of nitrogens with one attached hydrogen (secondary N) is 1. The second kappa shape index (κ2) is 6.19. The molecular formula is C16H19N3O. The van der Waals surface area contributed by atoms with Crippen molar-refractivity contribution in [3.63, 3.8) is 0 Å².